The lowest BCUT2D eigenvalue weighted by Crippen LogP contribution is -2.44. The summed E-state index contributed by atoms with van der Waals surface area (Å²) in [6.07, 6.45) is -1.09. The van der Waals surface area contributed by atoms with Crippen LogP contribution in [0.1, 0.15) is 46.5 Å². The first-order valence-corrected chi connectivity index (χ1v) is 12.1. The molecular formula is C24H47N5O5. The maximum atomic E-state index is 13.3. The van der Waals surface area contributed by atoms with Crippen LogP contribution in [0.25, 0.3) is 0 Å². The lowest BCUT2D eigenvalue weighted by molar-refractivity contribution is -0.134. The Hall–Kier alpha value is -1.72. The number of hydrogen-bond acceptors (Lipinski definition) is 9. The molecule has 10 heteroatoms. The highest BCUT2D eigenvalue weighted by atomic mass is 16.3. The van der Waals surface area contributed by atoms with E-state index >= 15 is 0 Å². The Labute approximate surface area is 205 Å². The van der Waals surface area contributed by atoms with E-state index in [2.05, 4.69) is 5.43 Å². The molecule has 0 aromatic rings. The van der Waals surface area contributed by atoms with Crippen LogP contribution in [0, 0.1) is 5.92 Å². The van der Waals surface area contributed by atoms with Gasteiger partial charge in [-0.05, 0) is 47.2 Å². The van der Waals surface area contributed by atoms with Crippen LogP contribution in [0.3, 0.4) is 0 Å². The van der Waals surface area contributed by atoms with E-state index in [9.17, 15) is 24.3 Å². The van der Waals surface area contributed by atoms with Crippen LogP contribution in [0.15, 0.2) is 0 Å². The average molecular weight is 486 g/mol. The molecule has 0 spiro atoms. The van der Waals surface area contributed by atoms with E-state index in [-0.39, 0.29) is 49.8 Å². The third-order valence-electron chi connectivity index (χ3n) is 6.08. The van der Waals surface area contributed by atoms with Crippen LogP contribution in [0.5, 0.6) is 0 Å². The minimum absolute atomic E-state index is 0.0500. The molecule has 0 saturated heterocycles. The van der Waals surface area contributed by atoms with Crippen molar-refractivity contribution in [2.24, 2.45) is 5.92 Å². The Morgan fingerprint density at radius 2 is 1.35 bits per heavy atom. The summed E-state index contributed by atoms with van der Waals surface area (Å²) in [5.74, 6) is -1.70. The molecule has 0 aliphatic rings. The Balaban J connectivity index is 5.56. The predicted molar refractivity (Wildman–Crippen MR) is 133 cm³/mol. The van der Waals surface area contributed by atoms with Crippen LogP contribution < -0.4 is 5.43 Å². The number of nitrogens with one attached hydrogen (secondary N) is 1. The number of nitrogens with zero attached hydrogens (tertiary/aromatic N) is 4. The molecule has 0 aromatic carbocycles. The number of ketones is 3. The van der Waals surface area contributed by atoms with Gasteiger partial charge in [-0.15, -0.1) is 0 Å². The van der Waals surface area contributed by atoms with Crippen molar-refractivity contribution in [3.05, 3.63) is 0 Å². The van der Waals surface area contributed by atoms with E-state index in [0.29, 0.717) is 26.1 Å². The van der Waals surface area contributed by atoms with Gasteiger partial charge in [0.05, 0.1) is 19.1 Å². The number of aliphatic hydroxyl groups excluding tert-OH is 1. The summed E-state index contributed by atoms with van der Waals surface area (Å²) in [6, 6.07) is -0.547. The normalized spacial score (nSPS) is 14.5. The number of amides is 1. The van der Waals surface area contributed by atoms with Crippen LogP contribution in [0.4, 0.5) is 0 Å². The van der Waals surface area contributed by atoms with Gasteiger partial charge >= 0.3 is 0 Å². The fourth-order valence-electron chi connectivity index (χ4n) is 3.61. The minimum Gasteiger partial charge on any atom is -0.385 e. The summed E-state index contributed by atoms with van der Waals surface area (Å²) in [5, 5.41) is 12.4. The molecule has 10 nitrogen and oxygen atoms in total. The number of hydrazine groups is 1. The smallest absolute Gasteiger partial charge is 0.234 e. The van der Waals surface area contributed by atoms with Crippen molar-refractivity contribution < 1.29 is 24.3 Å². The van der Waals surface area contributed by atoms with E-state index in [1.807, 2.05) is 37.6 Å². The van der Waals surface area contributed by atoms with E-state index in [1.165, 1.54) is 0 Å². The van der Waals surface area contributed by atoms with Gasteiger partial charge in [-0.1, -0.05) is 20.8 Å². The van der Waals surface area contributed by atoms with Gasteiger partial charge in [0.2, 0.25) is 5.91 Å². The number of carbonyl (C=O) groups is 4. The van der Waals surface area contributed by atoms with E-state index in [0.717, 1.165) is 0 Å². The molecule has 0 fully saturated rings. The zero-order valence-corrected chi connectivity index (χ0v) is 22.5. The summed E-state index contributed by atoms with van der Waals surface area (Å²) in [7, 11) is 8.83. The molecule has 0 rings (SSSR count). The molecule has 0 radical (unpaired) electrons. The van der Waals surface area contributed by atoms with Gasteiger partial charge < -0.3 is 5.11 Å². The third-order valence-corrected chi connectivity index (χ3v) is 6.08. The molecule has 2 N–H and O–H groups in total. The molecule has 198 valence electrons. The summed E-state index contributed by atoms with van der Waals surface area (Å²) < 4.78 is 0. The van der Waals surface area contributed by atoms with Gasteiger partial charge in [0.1, 0.15) is 17.7 Å². The maximum absolute atomic E-state index is 13.3. The van der Waals surface area contributed by atoms with Gasteiger partial charge in [-0.3, -0.25) is 39.3 Å². The number of rotatable bonds is 19. The molecule has 0 bridgehead atoms. The molecule has 0 aromatic heterocycles. The number of aliphatic hydroxyl groups is 1. The third kappa shape index (κ3) is 12.7. The van der Waals surface area contributed by atoms with Gasteiger partial charge in [-0.25, -0.2) is 5.01 Å². The maximum Gasteiger partial charge on any atom is 0.234 e. The zero-order valence-electron chi connectivity index (χ0n) is 22.5. The Kier molecular flexibility index (Phi) is 16.0. The average Bonchev–Trinajstić information content (AvgIpc) is 2.76. The van der Waals surface area contributed by atoms with Crippen molar-refractivity contribution in [3.63, 3.8) is 0 Å². The first kappa shape index (κ1) is 32.3. The van der Waals surface area contributed by atoms with Crippen molar-refractivity contribution >= 4 is 23.3 Å². The highest BCUT2D eigenvalue weighted by Crippen LogP contribution is 2.21. The second-order valence-electron chi connectivity index (χ2n) is 9.30. The van der Waals surface area contributed by atoms with Crippen LogP contribution >= 0.6 is 0 Å². The van der Waals surface area contributed by atoms with Gasteiger partial charge in [0.15, 0.2) is 5.78 Å². The Morgan fingerprint density at radius 3 is 1.85 bits per heavy atom. The van der Waals surface area contributed by atoms with Crippen LogP contribution in [-0.2, 0) is 19.2 Å². The molecule has 0 saturated carbocycles. The summed E-state index contributed by atoms with van der Waals surface area (Å²) >= 11 is 0. The second-order valence-corrected chi connectivity index (χ2v) is 9.30. The first-order chi connectivity index (χ1) is 15.9. The van der Waals surface area contributed by atoms with Crippen molar-refractivity contribution in [3.8, 4) is 0 Å². The van der Waals surface area contributed by atoms with Crippen LogP contribution in [0.2, 0.25) is 0 Å². The summed E-state index contributed by atoms with van der Waals surface area (Å²) in [6.45, 7) is 7.93. The van der Waals surface area contributed by atoms with Crippen LogP contribution in [-0.4, -0.2) is 128 Å². The SMILES string of the molecule is CCN(C)CC(=O)CC(CC(=O)[C@@H](CCC(=O)NN(C)C)N(C)CC)C(O)C(=O)CN(C)CC. The molecule has 0 aliphatic heterocycles. The Bertz CT molecular complexity index is 658. The number of likely N-dealkylation sites (N-methyl/N-ethyl adjacent to an activating group) is 3. The predicted octanol–water partition coefficient (Wildman–Crippen LogP) is 0.0477. The first-order valence-electron chi connectivity index (χ1n) is 12.1. The van der Waals surface area contributed by atoms with E-state index in [1.54, 1.807) is 38.1 Å². The number of carbonyl (C=O) groups excluding carboxylic acids is 4. The lowest BCUT2D eigenvalue weighted by Gasteiger charge is -2.29. The molecule has 34 heavy (non-hydrogen) atoms. The highest BCUT2D eigenvalue weighted by molar-refractivity contribution is 5.90. The lowest BCUT2D eigenvalue weighted by atomic mass is 9.86. The zero-order chi connectivity index (χ0) is 26.4. The molecule has 3 atom stereocenters. The van der Waals surface area contributed by atoms with E-state index < -0.39 is 23.8 Å². The summed E-state index contributed by atoms with van der Waals surface area (Å²) in [5.41, 5.74) is 2.67. The Morgan fingerprint density at radius 1 is 0.794 bits per heavy atom. The molecule has 1 amide bonds. The number of Topliss-reactive ketones (excluding diaryl/α,β-unsaturated/α-hetero) is 3. The van der Waals surface area contributed by atoms with Crippen molar-refractivity contribution in [2.75, 3.05) is 68.0 Å². The van der Waals surface area contributed by atoms with E-state index in [4.69, 9.17) is 0 Å². The van der Waals surface area contributed by atoms with Gasteiger partial charge in [0.25, 0.3) is 0 Å². The molecule has 0 heterocycles. The molecule has 2 unspecified atom stereocenters. The fraction of sp³-hybridized carbons (Fsp3) is 0.833. The fourth-order valence-corrected chi connectivity index (χ4v) is 3.61. The largest absolute Gasteiger partial charge is 0.385 e. The summed E-state index contributed by atoms with van der Waals surface area (Å²) in [4.78, 5) is 56.2. The van der Waals surface area contributed by atoms with Crippen molar-refractivity contribution in [2.45, 2.75) is 58.6 Å². The standard InChI is InChI=1S/C24H47N5O5/c1-9-27(6)16-19(30)14-18(24(34)22(32)17-28(7)10-2)15-21(31)20(29(8)11-3)12-13-23(33)25-26(4)5/h18,20,24,34H,9-17H2,1-8H3,(H,25,33)/t18?,20-,24?/m1/s1. The quantitative estimate of drug-likeness (QED) is 0.245. The second kappa shape index (κ2) is 16.8. The minimum atomic E-state index is -1.40. The molecular weight excluding hydrogens is 438 g/mol. The topological polar surface area (TPSA) is 113 Å². The van der Waals surface area contributed by atoms with Gasteiger partial charge in [-0.2, -0.15) is 0 Å². The highest BCUT2D eigenvalue weighted by Gasteiger charge is 2.33. The van der Waals surface area contributed by atoms with Crippen molar-refractivity contribution in [1.82, 2.24) is 25.1 Å². The molecule has 0 aliphatic carbocycles. The van der Waals surface area contributed by atoms with Crippen molar-refractivity contribution in [1.29, 1.82) is 0 Å². The monoisotopic (exact) mass is 485 g/mol. The number of hydrogen-bond donors (Lipinski definition) is 2. The van der Waals surface area contributed by atoms with Gasteiger partial charge in [0, 0.05) is 39.3 Å².